The summed E-state index contributed by atoms with van der Waals surface area (Å²) >= 11 is 0. The molecule has 0 atom stereocenters. The zero-order chi connectivity index (χ0) is 22.4. The van der Waals surface area contributed by atoms with Crippen molar-refractivity contribution in [3.05, 3.63) is 46.5 Å². The monoisotopic (exact) mass is 502 g/mol. The summed E-state index contributed by atoms with van der Waals surface area (Å²) < 4.78 is 61.7. The Balaban J connectivity index is 0.00000256. The minimum absolute atomic E-state index is 0. The van der Waals surface area contributed by atoms with Crippen LogP contribution in [0.15, 0.2) is 24.3 Å². The predicted molar refractivity (Wildman–Crippen MR) is 98.7 cm³/mol. The Morgan fingerprint density at radius 3 is 1.25 bits per heavy atom. The summed E-state index contributed by atoms with van der Waals surface area (Å²) in [7, 11) is -9.05. The smallest absolute Gasteiger partial charge is 0.872 e. The zero-order valence-corrected chi connectivity index (χ0v) is 22.3. The molecule has 0 saturated carbocycles. The van der Waals surface area contributed by atoms with Crippen LogP contribution >= 0.6 is 0 Å². The summed E-state index contributed by atoms with van der Waals surface area (Å²) in [5.74, 6) is -6.02. The van der Waals surface area contributed by atoms with Crippen LogP contribution in [0.2, 0.25) is 0 Å². The van der Waals surface area contributed by atoms with Crippen LogP contribution in [0.1, 0.15) is 31.8 Å². The molecule has 0 spiro atoms. The van der Waals surface area contributed by atoms with E-state index in [0.29, 0.717) is 0 Å². The SMILES string of the molecule is O=C1c2c([O-])ccc(NCS(=O)(=O)O)c2C(=O)c2c([O-])ccc(NCS(=O)(=O)O)c21.[Na+].[Na+]. The fourth-order valence-electron chi connectivity index (χ4n) is 2.97. The van der Waals surface area contributed by atoms with Gasteiger partial charge in [0, 0.05) is 22.5 Å². The molecule has 3 rings (SSSR count). The summed E-state index contributed by atoms with van der Waals surface area (Å²) in [6.07, 6.45) is 0. The second kappa shape index (κ2) is 10.4. The van der Waals surface area contributed by atoms with Gasteiger partial charge in [-0.25, -0.2) is 0 Å². The molecule has 1 aliphatic carbocycles. The molecule has 0 bridgehead atoms. The Kier molecular flexibility index (Phi) is 9.35. The second-order valence-corrected chi connectivity index (χ2v) is 9.09. The van der Waals surface area contributed by atoms with E-state index < -0.39 is 77.3 Å². The van der Waals surface area contributed by atoms with Gasteiger partial charge in [0.15, 0.2) is 11.6 Å². The first kappa shape index (κ1) is 28.8. The average Bonchev–Trinajstić information content (AvgIpc) is 2.62. The third kappa shape index (κ3) is 6.02. The Morgan fingerprint density at radius 2 is 0.969 bits per heavy atom. The van der Waals surface area contributed by atoms with Crippen molar-refractivity contribution in [2.24, 2.45) is 0 Å². The van der Waals surface area contributed by atoms with Crippen LogP contribution in [0.25, 0.3) is 0 Å². The van der Waals surface area contributed by atoms with Crippen LogP contribution in [0.4, 0.5) is 11.4 Å². The van der Waals surface area contributed by atoms with Crippen LogP contribution in [0, 0.1) is 0 Å². The standard InChI is InChI=1S/C16H14N2O10S2.2Na/c19-9-3-1-7(17-5-29(23,24)25)11-13(9)16(22)12-8(18-6-30(26,27)28)2-4-10(20)14(12)15(11)21;;/h1-4,17-20H,5-6H2,(H,23,24,25)(H,26,27,28);;/q;2*+1/p-2. The number of hydrogen-bond acceptors (Lipinski definition) is 10. The molecule has 12 nitrogen and oxygen atoms in total. The first-order valence-corrected chi connectivity index (χ1v) is 11.2. The van der Waals surface area contributed by atoms with E-state index in [2.05, 4.69) is 10.6 Å². The Hall–Kier alpha value is -1.20. The number of benzene rings is 2. The van der Waals surface area contributed by atoms with Crippen molar-refractivity contribution in [2.45, 2.75) is 0 Å². The molecule has 0 aliphatic heterocycles. The quantitative estimate of drug-likeness (QED) is 0.183. The van der Waals surface area contributed by atoms with Crippen LogP contribution in [-0.2, 0) is 20.2 Å². The van der Waals surface area contributed by atoms with Crippen LogP contribution in [-0.4, -0.2) is 49.3 Å². The first-order chi connectivity index (χ1) is 13.8. The first-order valence-electron chi connectivity index (χ1n) is 7.95. The van der Waals surface area contributed by atoms with E-state index >= 15 is 0 Å². The molecule has 0 unspecified atom stereocenters. The molecule has 0 fully saturated rings. The zero-order valence-electron chi connectivity index (χ0n) is 16.7. The van der Waals surface area contributed by atoms with Gasteiger partial charge in [-0.1, -0.05) is 23.6 Å². The number of carbonyl (C=O) groups is 2. The molecule has 0 heterocycles. The number of ketones is 2. The predicted octanol–water partition coefficient (Wildman–Crippen LogP) is -6.87. The van der Waals surface area contributed by atoms with Gasteiger partial charge >= 0.3 is 59.1 Å². The molecule has 32 heavy (non-hydrogen) atoms. The fraction of sp³-hybridized carbons (Fsp3) is 0.125. The third-order valence-corrected chi connectivity index (χ3v) is 5.15. The van der Waals surface area contributed by atoms with E-state index in [1.54, 1.807) is 0 Å². The molecule has 0 radical (unpaired) electrons. The molecule has 0 aromatic heterocycles. The topological polar surface area (TPSA) is 213 Å². The fourth-order valence-corrected chi connectivity index (χ4v) is 3.65. The maximum Gasteiger partial charge on any atom is 1.00 e. The van der Waals surface area contributed by atoms with Gasteiger partial charge < -0.3 is 20.8 Å². The van der Waals surface area contributed by atoms with Crippen LogP contribution < -0.4 is 80.0 Å². The molecule has 0 saturated heterocycles. The van der Waals surface area contributed by atoms with Crippen molar-refractivity contribution in [3.8, 4) is 11.5 Å². The number of anilines is 2. The van der Waals surface area contributed by atoms with Crippen LogP contribution in [0.5, 0.6) is 11.5 Å². The summed E-state index contributed by atoms with van der Waals surface area (Å²) in [6, 6.07) is 3.81. The van der Waals surface area contributed by atoms with Crippen molar-refractivity contribution < 1.29 is 105 Å². The summed E-state index contributed by atoms with van der Waals surface area (Å²) in [4.78, 5) is 26.0. The number of nitrogens with one attached hydrogen (secondary N) is 2. The van der Waals surface area contributed by atoms with E-state index in [1.165, 1.54) is 0 Å². The summed E-state index contributed by atoms with van der Waals surface area (Å²) in [5.41, 5.74) is -2.97. The average molecular weight is 502 g/mol. The molecule has 160 valence electrons. The molecule has 2 aromatic rings. The third-order valence-electron chi connectivity index (χ3n) is 4.13. The van der Waals surface area contributed by atoms with E-state index in [9.17, 15) is 36.6 Å². The Morgan fingerprint density at radius 1 is 0.656 bits per heavy atom. The van der Waals surface area contributed by atoms with Gasteiger partial charge in [0.2, 0.25) is 0 Å². The van der Waals surface area contributed by atoms with E-state index in [0.717, 1.165) is 24.3 Å². The van der Waals surface area contributed by atoms with Crippen molar-refractivity contribution in [1.29, 1.82) is 0 Å². The van der Waals surface area contributed by atoms with Crippen molar-refractivity contribution >= 4 is 43.2 Å². The number of rotatable bonds is 6. The number of hydrogen-bond donors (Lipinski definition) is 4. The maximum absolute atomic E-state index is 13.0. The van der Waals surface area contributed by atoms with Crippen LogP contribution in [0.3, 0.4) is 0 Å². The van der Waals surface area contributed by atoms with E-state index in [1.807, 2.05) is 0 Å². The molecular weight excluding hydrogens is 490 g/mol. The van der Waals surface area contributed by atoms with Crippen molar-refractivity contribution in [2.75, 3.05) is 22.4 Å². The second-order valence-electron chi connectivity index (χ2n) is 6.19. The Labute approximate surface area is 226 Å². The normalized spacial score (nSPS) is 12.7. The number of fused-ring (bicyclic) bond motifs is 2. The molecule has 0 amide bonds. The minimum atomic E-state index is -4.52. The molecule has 2 aromatic carbocycles. The minimum Gasteiger partial charge on any atom is -0.872 e. The van der Waals surface area contributed by atoms with E-state index in [-0.39, 0.29) is 70.5 Å². The van der Waals surface area contributed by atoms with Gasteiger partial charge in [0.25, 0.3) is 20.2 Å². The van der Waals surface area contributed by atoms with Gasteiger partial charge in [-0.15, -0.1) is 0 Å². The summed E-state index contributed by atoms with van der Waals surface area (Å²) in [5, 5.41) is 29.0. The number of carbonyl (C=O) groups excluding carboxylic acids is 2. The van der Waals surface area contributed by atoms with Gasteiger partial charge in [0.1, 0.15) is 11.8 Å². The van der Waals surface area contributed by atoms with Gasteiger partial charge in [-0.3, -0.25) is 18.7 Å². The molecule has 1 aliphatic rings. The molecule has 16 heteroatoms. The Bertz CT molecular complexity index is 1210. The van der Waals surface area contributed by atoms with Crippen molar-refractivity contribution in [1.82, 2.24) is 0 Å². The van der Waals surface area contributed by atoms with Gasteiger partial charge in [-0.05, 0) is 12.1 Å². The molecule has 4 N–H and O–H groups in total. The van der Waals surface area contributed by atoms with Gasteiger partial charge in [0.05, 0.1) is 11.1 Å². The largest absolute Gasteiger partial charge is 1.00 e. The van der Waals surface area contributed by atoms with Crippen molar-refractivity contribution in [3.63, 3.8) is 0 Å². The molecular formula is C16H12N2Na2O10S2. The van der Waals surface area contributed by atoms with E-state index in [4.69, 9.17) is 9.11 Å². The summed E-state index contributed by atoms with van der Waals surface area (Å²) in [6.45, 7) is 0. The maximum atomic E-state index is 13.0. The van der Waals surface area contributed by atoms with Gasteiger partial charge in [-0.2, -0.15) is 16.8 Å².